The predicted octanol–water partition coefficient (Wildman–Crippen LogP) is 2.82. The molecule has 5 nitrogen and oxygen atoms in total. The van der Waals surface area contributed by atoms with E-state index in [1.165, 1.54) is 11.8 Å². The van der Waals surface area contributed by atoms with Gasteiger partial charge in [0.05, 0.1) is 0 Å². The van der Waals surface area contributed by atoms with Crippen molar-refractivity contribution in [2.45, 2.75) is 38.6 Å². The Bertz CT molecular complexity index is 476. The van der Waals surface area contributed by atoms with Crippen molar-refractivity contribution in [3.8, 4) is 0 Å². The lowest BCUT2D eigenvalue weighted by atomic mass is 9.92. The fraction of sp³-hybridized carbons (Fsp3) is 0.500. The van der Waals surface area contributed by atoms with Crippen molar-refractivity contribution >= 4 is 12.0 Å². The Morgan fingerprint density at radius 2 is 1.86 bits per heavy atom. The van der Waals surface area contributed by atoms with Crippen molar-refractivity contribution in [3.05, 3.63) is 35.9 Å². The van der Waals surface area contributed by atoms with Gasteiger partial charge in [-0.1, -0.05) is 50.1 Å². The first-order chi connectivity index (χ1) is 9.91. The normalized spacial score (nSPS) is 13.3. The van der Waals surface area contributed by atoms with Gasteiger partial charge in [0, 0.05) is 13.6 Å². The molecule has 0 fully saturated rings. The Balaban J connectivity index is 2.79. The van der Waals surface area contributed by atoms with E-state index in [0.29, 0.717) is 12.1 Å². The van der Waals surface area contributed by atoms with Gasteiger partial charge in [0.25, 0.3) is 0 Å². The minimum Gasteiger partial charge on any atom is -0.479 e. The summed E-state index contributed by atoms with van der Waals surface area (Å²) in [6.45, 7) is 4.21. The van der Waals surface area contributed by atoms with E-state index in [9.17, 15) is 14.7 Å². The Kier molecular flexibility index (Phi) is 6.21. The van der Waals surface area contributed by atoms with Crippen LogP contribution < -0.4 is 5.32 Å². The molecule has 0 saturated heterocycles. The summed E-state index contributed by atoms with van der Waals surface area (Å²) in [5, 5.41) is 12.1. The van der Waals surface area contributed by atoms with Crippen LogP contribution in [0.25, 0.3) is 0 Å². The summed E-state index contributed by atoms with van der Waals surface area (Å²) >= 11 is 0. The standard InChI is InChI=1S/C16H24N2O3/c1-4-5-9-12-18(3)15(21)17-16(2,14(19)20)13-10-7-6-8-11-13/h6-8,10-11H,4-5,9,12H2,1-3H3,(H,17,21)(H,19,20). The number of hydrogen-bond donors (Lipinski definition) is 2. The molecule has 116 valence electrons. The number of carboxylic acids is 1. The molecule has 0 spiro atoms. The summed E-state index contributed by atoms with van der Waals surface area (Å²) in [4.78, 5) is 25.3. The van der Waals surface area contributed by atoms with E-state index in [-0.39, 0.29) is 6.03 Å². The third-order valence-electron chi connectivity index (χ3n) is 3.58. The maximum absolute atomic E-state index is 12.2. The minimum absolute atomic E-state index is 0.375. The lowest BCUT2D eigenvalue weighted by molar-refractivity contribution is -0.144. The molecule has 2 N–H and O–H groups in total. The molecule has 1 rings (SSSR count). The molecule has 0 saturated carbocycles. The van der Waals surface area contributed by atoms with Crippen LogP contribution in [0, 0.1) is 0 Å². The zero-order chi connectivity index (χ0) is 15.9. The largest absolute Gasteiger partial charge is 0.479 e. The number of rotatable bonds is 7. The van der Waals surface area contributed by atoms with Gasteiger partial charge in [0.2, 0.25) is 0 Å². The molecule has 21 heavy (non-hydrogen) atoms. The highest BCUT2D eigenvalue weighted by Crippen LogP contribution is 2.21. The van der Waals surface area contributed by atoms with Crippen LogP contribution in [-0.4, -0.2) is 35.6 Å². The van der Waals surface area contributed by atoms with Gasteiger partial charge >= 0.3 is 12.0 Å². The van der Waals surface area contributed by atoms with E-state index in [0.717, 1.165) is 19.3 Å². The van der Waals surface area contributed by atoms with Gasteiger partial charge in [-0.15, -0.1) is 0 Å². The molecule has 1 aromatic rings. The highest BCUT2D eigenvalue weighted by Gasteiger charge is 2.37. The minimum atomic E-state index is -1.43. The Morgan fingerprint density at radius 3 is 2.38 bits per heavy atom. The van der Waals surface area contributed by atoms with Gasteiger partial charge in [0.15, 0.2) is 5.54 Å². The fourth-order valence-electron chi connectivity index (χ4n) is 2.03. The molecular weight excluding hydrogens is 268 g/mol. The van der Waals surface area contributed by atoms with Crippen molar-refractivity contribution in [3.63, 3.8) is 0 Å². The number of aliphatic carboxylic acids is 1. The number of carbonyl (C=O) groups is 2. The zero-order valence-corrected chi connectivity index (χ0v) is 12.9. The van der Waals surface area contributed by atoms with Crippen molar-refractivity contribution in [1.29, 1.82) is 0 Å². The lowest BCUT2D eigenvalue weighted by Crippen LogP contribution is -2.53. The van der Waals surface area contributed by atoms with Gasteiger partial charge in [0.1, 0.15) is 0 Å². The average Bonchev–Trinajstić information content (AvgIpc) is 2.47. The highest BCUT2D eigenvalue weighted by molar-refractivity contribution is 5.87. The van der Waals surface area contributed by atoms with E-state index in [1.54, 1.807) is 31.3 Å². The Labute approximate surface area is 126 Å². The van der Waals surface area contributed by atoms with Gasteiger partial charge in [-0.25, -0.2) is 9.59 Å². The van der Waals surface area contributed by atoms with Gasteiger partial charge in [-0.05, 0) is 18.9 Å². The molecule has 5 heteroatoms. The van der Waals surface area contributed by atoms with Crippen LogP contribution in [0.1, 0.15) is 38.7 Å². The van der Waals surface area contributed by atoms with Gasteiger partial charge in [-0.3, -0.25) is 0 Å². The molecule has 1 atom stereocenters. The summed E-state index contributed by atoms with van der Waals surface area (Å²) in [5.74, 6) is -1.08. The highest BCUT2D eigenvalue weighted by atomic mass is 16.4. The molecule has 1 unspecified atom stereocenters. The first-order valence-electron chi connectivity index (χ1n) is 7.24. The topological polar surface area (TPSA) is 69.6 Å². The van der Waals surface area contributed by atoms with Crippen LogP contribution in [0.2, 0.25) is 0 Å². The van der Waals surface area contributed by atoms with Gasteiger partial charge in [-0.2, -0.15) is 0 Å². The summed E-state index contributed by atoms with van der Waals surface area (Å²) in [7, 11) is 1.68. The molecule has 0 aliphatic rings. The summed E-state index contributed by atoms with van der Waals surface area (Å²) in [6.07, 6.45) is 3.04. The molecule has 1 aromatic carbocycles. The summed E-state index contributed by atoms with van der Waals surface area (Å²) in [6, 6.07) is 8.35. The smallest absolute Gasteiger partial charge is 0.333 e. The lowest BCUT2D eigenvalue weighted by Gasteiger charge is -2.29. The average molecular weight is 292 g/mol. The summed E-state index contributed by atoms with van der Waals surface area (Å²) in [5.41, 5.74) is -0.884. The molecule has 0 aliphatic carbocycles. The van der Waals surface area contributed by atoms with Crippen LogP contribution in [0.4, 0.5) is 4.79 Å². The second-order valence-electron chi connectivity index (χ2n) is 5.35. The number of carbonyl (C=O) groups excluding carboxylic acids is 1. The van der Waals surface area contributed by atoms with Crippen molar-refractivity contribution in [1.82, 2.24) is 10.2 Å². The molecule has 0 aliphatic heterocycles. The second kappa shape index (κ2) is 7.67. The van der Waals surface area contributed by atoms with Crippen LogP contribution >= 0.6 is 0 Å². The molecule has 0 radical (unpaired) electrons. The van der Waals surface area contributed by atoms with Crippen molar-refractivity contribution < 1.29 is 14.7 Å². The number of carboxylic acid groups (broad SMARTS) is 1. The SMILES string of the molecule is CCCCCN(C)C(=O)NC(C)(C(=O)O)c1ccccc1. The zero-order valence-electron chi connectivity index (χ0n) is 12.9. The first-order valence-corrected chi connectivity index (χ1v) is 7.24. The number of nitrogens with zero attached hydrogens (tertiary/aromatic N) is 1. The number of nitrogens with one attached hydrogen (secondary N) is 1. The Morgan fingerprint density at radius 1 is 1.24 bits per heavy atom. The van der Waals surface area contributed by atoms with Crippen molar-refractivity contribution in [2.24, 2.45) is 0 Å². The fourth-order valence-corrected chi connectivity index (χ4v) is 2.03. The first kappa shape index (κ1) is 17.0. The second-order valence-corrected chi connectivity index (χ2v) is 5.35. The van der Waals surface area contributed by atoms with Crippen LogP contribution in [0.15, 0.2) is 30.3 Å². The number of amides is 2. The van der Waals surface area contributed by atoms with Crippen LogP contribution in [0.5, 0.6) is 0 Å². The molecule has 0 bridgehead atoms. The number of urea groups is 1. The maximum atomic E-state index is 12.2. The predicted molar refractivity (Wildman–Crippen MR) is 82.1 cm³/mol. The maximum Gasteiger partial charge on any atom is 0.333 e. The van der Waals surface area contributed by atoms with E-state index >= 15 is 0 Å². The molecular formula is C16H24N2O3. The monoisotopic (exact) mass is 292 g/mol. The molecule has 0 heterocycles. The third kappa shape index (κ3) is 4.48. The van der Waals surface area contributed by atoms with E-state index in [2.05, 4.69) is 12.2 Å². The number of benzene rings is 1. The summed E-state index contributed by atoms with van der Waals surface area (Å²) < 4.78 is 0. The third-order valence-corrected chi connectivity index (χ3v) is 3.58. The van der Waals surface area contributed by atoms with Crippen LogP contribution in [0.3, 0.4) is 0 Å². The number of unbranched alkanes of at least 4 members (excludes halogenated alkanes) is 2. The Hall–Kier alpha value is -2.04. The van der Waals surface area contributed by atoms with E-state index in [1.807, 2.05) is 6.07 Å². The quantitative estimate of drug-likeness (QED) is 0.759. The molecule has 2 amide bonds. The van der Waals surface area contributed by atoms with Gasteiger partial charge < -0.3 is 15.3 Å². The number of hydrogen-bond acceptors (Lipinski definition) is 2. The molecule has 0 aromatic heterocycles. The van der Waals surface area contributed by atoms with E-state index < -0.39 is 11.5 Å². The van der Waals surface area contributed by atoms with Crippen molar-refractivity contribution in [2.75, 3.05) is 13.6 Å². The van der Waals surface area contributed by atoms with E-state index in [4.69, 9.17) is 0 Å². The van der Waals surface area contributed by atoms with Crippen LogP contribution in [-0.2, 0) is 10.3 Å².